The normalized spacial score (nSPS) is 21.1. The highest BCUT2D eigenvalue weighted by Crippen LogP contribution is 2.29. The summed E-state index contributed by atoms with van der Waals surface area (Å²) in [6.45, 7) is 4.13. The second-order valence-corrected chi connectivity index (χ2v) is 4.96. The molecule has 1 unspecified atom stereocenters. The van der Waals surface area contributed by atoms with Crippen LogP contribution >= 0.6 is 0 Å². The molecule has 0 radical (unpaired) electrons. The molecule has 1 aliphatic heterocycles. The molecule has 1 aliphatic rings. The Morgan fingerprint density at radius 2 is 2.00 bits per heavy atom. The van der Waals surface area contributed by atoms with E-state index < -0.39 is 12.0 Å². The van der Waals surface area contributed by atoms with Gasteiger partial charge < -0.3 is 15.1 Å². The zero-order valence-corrected chi connectivity index (χ0v) is 11.7. The minimum absolute atomic E-state index is 0.175. The molecule has 0 aromatic carbocycles. The van der Waals surface area contributed by atoms with Gasteiger partial charge in [0, 0.05) is 38.8 Å². The van der Waals surface area contributed by atoms with Crippen LogP contribution in [0.2, 0.25) is 0 Å². The molecule has 1 fully saturated rings. The number of nitrogens with one attached hydrogen (secondary N) is 1. The number of piperazine rings is 1. The van der Waals surface area contributed by atoms with Crippen molar-refractivity contribution >= 4 is 11.6 Å². The van der Waals surface area contributed by atoms with E-state index in [0.717, 1.165) is 6.54 Å². The number of anilines is 2. The Morgan fingerprint density at radius 1 is 1.30 bits per heavy atom. The lowest BCUT2D eigenvalue weighted by molar-refractivity contribution is -0.144. The van der Waals surface area contributed by atoms with E-state index in [1.807, 2.05) is 18.9 Å². The van der Waals surface area contributed by atoms with Gasteiger partial charge in [0.2, 0.25) is 5.82 Å². The van der Waals surface area contributed by atoms with Crippen molar-refractivity contribution in [2.75, 3.05) is 43.9 Å². The Hall–Kier alpha value is -1.57. The van der Waals surface area contributed by atoms with Gasteiger partial charge in [-0.3, -0.25) is 0 Å². The smallest absolute Gasteiger partial charge is 0.373 e. The van der Waals surface area contributed by atoms with Gasteiger partial charge in [0.25, 0.3) is 0 Å². The van der Waals surface area contributed by atoms with Gasteiger partial charge in [-0.25, -0.2) is 9.97 Å². The van der Waals surface area contributed by atoms with E-state index in [1.165, 1.54) is 0 Å². The third kappa shape index (κ3) is 3.12. The van der Waals surface area contributed by atoms with Crippen LogP contribution in [0.25, 0.3) is 0 Å². The molecule has 1 aromatic heterocycles. The topological polar surface area (TPSA) is 44.3 Å². The molecule has 0 amide bonds. The van der Waals surface area contributed by atoms with Crippen LogP contribution in [-0.4, -0.2) is 54.6 Å². The van der Waals surface area contributed by atoms with E-state index in [2.05, 4.69) is 20.2 Å². The molecule has 1 atom stereocenters. The van der Waals surface area contributed by atoms with Gasteiger partial charge in [0.1, 0.15) is 11.6 Å². The van der Waals surface area contributed by atoms with Crippen molar-refractivity contribution in [3.8, 4) is 0 Å². The molecule has 0 spiro atoms. The number of aromatic nitrogens is 2. The van der Waals surface area contributed by atoms with Crippen LogP contribution in [0.4, 0.5) is 24.8 Å². The van der Waals surface area contributed by atoms with E-state index >= 15 is 0 Å². The maximum Gasteiger partial charge on any atom is 0.451 e. The number of nitrogens with zero attached hydrogens (tertiary/aromatic N) is 4. The molecular formula is C12H18F3N5. The SMILES string of the molecule is CNc1cc(N2CCN(C)C(C)C2)nc(C(F)(F)F)n1. The fraction of sp³-hybridized carbons (Fsp3) is 0.667. The highest BCUT2D eigenvalue weighted by molar-refractivity contribution is 5.50. The molecule has 0 aliphatic carbocycles. The van der Waals surface area contributed by atoms with Crippen LogP contribution in [0.3, 0.4) is 0 Å². The first-order chi connectivity index (χ1) is 9.31. The van der Waals surface area contributed by atoms with Crippen LogP contribution in [0, 0.1) is 0 Å². The monoisotopic (exact) mass is 289 g/mol. The van der Waals surface area contributed by atoms with E-state index in [0.29, 0.717) is 18.9 Å². The van der Waals surface area contributed by atoms with Gasteiger partial charge in [0.15, 0.2) is 0 Å². The van der Waals surface area contributed by atoms with Crippen LogP contribution in [0.5, 0.6) is 0 Å². The molecule has 1 saturated heterocycles. The molecular weight excluding hydrogens is 271 g/mol. The second kappa shape index (κ2) is 5.43. The maximum atomic E-state index is 12.8. The molecule has 0 bridgehead atoms. The lowest BCUT2D eigenvalue weighted by Gasteiger charge is -2.38. The number of halogens is 3. The van der Waals surface area contributed by atoms with E-state index in [-0.39, 0.29) is 11.9 Å². The summed E-state index contributed by atoms with van der Waals surface area (Å²) in [5.41, 5.74) is 0. The van der Waals surface area contributed by atoms with Crippen molar-refractivity contribution in [1.29, 1.82) is 0 Å². The second-order valence-electron chi connectivity index (χ2n) is 4.96. The van der Waals surface area contributed by atoms with Crippen LogP contribution in [0.15, 0.2) is 6.07 Å². The number of hydrogen-bond donors (Lipinski definition) is 1. The Kier molecular flexibility index (Phi) is 4.03. The molecule has 0 saturated carbocycles. The van der Waals surface area contributed by atoms with E-state index in [1.54, 1.807) is 13.1 Å². The third-order valence-electron chi connectivity index (χ3n) is 3.51. The van der Waals surface area contributed by atoms with Crippen LogP contribution < -0.4 is 10.2 Å². The lowest BCUT2D eigenvalue weighted by atomic mass is 10.2. The van der Waals surface area contributed by atoms with Gasteiger partial charge >= 0.3 is 6.18 Å². The summed E-state index contributed by atoms with van der Waals surface area (Å²) in [6.07, 6.45) is -4.54. The first-order valence-electron chi connectivity index (χ1n) is 6.40. The van der Waals surface area contributed by atoms with Gasteiger partial charge in [-0.2, -0.15) is 13.2 Å². The molecule has 8 heteroatoms. The summed E-state index contributed by atoms with van der Waals surface area (Å²) in [5.74, 6) is -0.614. The maximum absolute atomic E-state index is 12.8. The molecule has 1 aromatic rings. The van der Waals surface area contributed by atoms with Crippen molar-refractivity contribution in [2.45, 2.75) is 19.1 Å². The Morgan fingerprint density at radius 3 is 2.55 bits per heavy atom. The highest BCUT2D eigenvalue weighted by Gasteiger charge is 2.36. The fourth-order valence-electron chi connectivity index (χ4n) is 2.11. The predicted molar refractivity (Wildman–Crippen MR) is 70.9 cm³/mol. The zero-order valence-electron chi connectivity index (χ0n) is 11.7. The molecule has 20 heavy (non-hydrogen) atoms. The van der Waals surface area contributed by atoms with Gasteiger partial charge in [-0.05, 0) is 14.0 Å². The Balaban J connectivity index is 2.31. The quantitative estimate of drug-likeness (QED) is 0.897. The van der Waals surface area contributed by atoms with Crippen molar-refractivity contribution in [2.24, 2.45) is 0 Å². The molecule has 5 nitrogen and oxygen atoms in total. The number of hydrogen-bond acceptors (Lipinski definition) is 5. The summed E-state index contributed by atoms with van der Waals surface area (Å²) in [7, 11) is 3.54. The zero-order chi connectivity index (χ0) is 14.9. The van der Waals surface area contributed by atoms with E-state index in [9.17, 15) is 13.2 Å². The lowest BCUT2D eigenvalue weighted by Crippen LogP contribution is -2.50. The van der Waals surface area contributed by atoms with E-state index in [4.69, 9.17) is 0 Å². The van der Waals surface area contributed by atoms with Crippen molar-refractivity contribution in [1.82, 2.24) is 14.9 Å². The summed E-state index contributed by atoms with van der Waals surface area (Å²) in [6, 6.07) is 1.82. The average molecular weight is 289 g/mol. The first kappa shape index (κ1) is 14.8. The minimum Gasteiger partial charge on any atom is -0.373 e. The molecule has 1 N–H and O–H groups in total. The fourth-order valence-corrected chi connectivity index (χ4v) is 2.11. The highest BCUT2D eigenvalue weighted by atomic mass is 19.4. The largest absolute Gasteiger partial charge is 0.451 e. The van der Waals surface area contributed by atoms with Gasteiger partial charge in [-0.15, -0.1) is 0 Å². The Bertz CT molecular complexity index is 477. The summed E-state index contributed by atoms with van der Waals surface area (Å²) >= 11 is 0. The van der Waals surface area contributed by atoms with Crippen molar-refractivity contribution < 1.29 is 13.2 Å². The van der Waals surface area contributed by atoms with Crippen molar-refractivity contribution in [3.63, 3.8) is 0 Å². The molecule has 2 rings (SSSR count). The summed E-state index contributed by atoms with van der Waals surface area (Å²) in [5, 5.41) is 2.65. The number of alkyl halides is 3. The predicted octanol–water partition coefficient (Wildman–Crippen LogP) is 1.68. The van der Waals surface area contributed by atoms with Gasteiger partial charge in [0.05, 0.1) is 0 Å². The molecule has 2 heterocycles. The third-order valence-corrected chi connectivity index (χ3v) is 3.51. The summed E-state index contributed by atoms with van der Waals surface area (Å²) < 4.78 is 38.4. The minimum atomic E-state index is -4.54. The average Bonchev–Trinajstić information content (AvgIpc) is 2.40. The number of likely N-dealkylation sites (N-methyl/N-ethyl adjacent to an activating group) is 1. The number of rotatable bonds is 2. The standard InChI is InChI=1S/C12H18F3N5/c1-8-7-20(5-4-19(8)3)10-6-9(16-2)17-11(18-10)12(13,14)15/h6,8H,4-5,7H2,1-3H3,(H,16,17,18). The van der Waals surface area contributed by atoms with Crippen molar-refractivity contribution in [3.05, 3.63) is 11.9 Å². The van der Waals surface area contributed by atoms with Crippen LogP contribution in [-0.2, 0) is 6.18 Å². The summed E-state index contributed by atoms with van der Waals surface area (Å²) in [4.78, 5) is 11.2. The molecule has 112 valence electrons. The van der Waals surface area contributed by atoms with Crippen LogP contribution in [0.1, 0.15) is 12.7 Å². The van der Waals surface area contributed by atoms with Gasteiger partial charge in [-0.1, -0.05) is 0 Å². The Labute approximate surface area is 115 Å². The first-order valence-corrected chi connectivity index (χ1v) is 6.40.